The largest absolute Gasteiger partial charge is 0.465 e. The molecule has 0 aromatic heterocycles. The minimum atomic E-state index is -3.53. The molecule has 1 aliphatic heterocycles. The van der Waals surface area contributed by atoms with Crippen LogP contribution in [-0.4, -0.2) is 52.1 Å². The maximum Gasteiger partial charge on any atom is 0.338 e. The first-order valence-corrected chi connectivity index (χ1v) is 7.67. The van der Waals surface area contributed by atoms with Crippen molar-refractivity contribution in [2.45, 2.75) is 11.8 Å². The van der Waals surface area contributed by atoms with Gasteiger partial charge in [-0.1, -0.05) is 0 Å². The number of carbonyl (C=O) groups excluding carboxylic acids is 1. The van der Waals surface area contributed by atoms with E-state index in [1.165, 1.54) is 29.6 Å². The zero-order chi connectivity index (χ0) is 14.8. The summed E-state index contributed by atoms with van der Waals surface area (Å²) in [6.07, 6.45) is 0. The van der Waals surface area contributed by atoms with Crippen molar-refractivity contribution >= 4 is 16.0 Å². The molecular weight excluding hydrogens is 282 g/mol. The van der Waals surface area contributed by atoms with Crippen molar-refractivity contribution in [2.24, 2.45) is 0 Å². The lowest BCUT2D eigenvalue weighted by molar-refractivity contribution is 0.0600. The normalized spacial score (nSPS) is 16.9. The summed E-state index contributed by atoms with van der Waals surface area (Å²) in [6.45, 7) is 3.18. The van der Waals surface area contributed by atoms with Gasteiger partial charge in [-0.3, -0.25) is 0 Å². The van der Waals surface area contributed by atoms with E-state index in [0.717, 1.165) is 0 Å². The molecule has 0 amide bonds. The quantitative estimate of drug-likeness (QED) is 0.772. The lowest BCUT2D eigenvalue weighted by Gasteiger charge is -2.26. The van der Waals surface area contributed by atoms with Gasteiger partial charge in [-0.05, 0) is 30.7 Å². The molecule has 0 bridgehead atoms. The fourth-order valence-electron chi connectivity index (χ4n) is 2.07. The zero-order valence-corrected chi connectivity index (χ0v) is 12.3. The van der Waals surface area contributed by atoms with Crippen molar-refractivity contribution < 1.29 is 22.7 Å². The summed E-state index contributed by atoms with van der Waals surface area (Å²) in [5.41, 5.74) is 0.944. The van der Waals surface area contributed by atoms with Crippen LogP contribution in [0, 0.1) is 6.92 Å². The average Bonchev–Trinajstić information content (AvgIpc) is 2.47. The number of hydrogen-bond donors (Lipinski definition) is 0. The molecule has 1 fully saturated rings. The molecule has 1 aromatic rings. The fraction of sp³-hybridized carbons (Fsp3) is 0.462. The highest BCUT2D eigenvalue weighted by molar-refractivity contribution is 7.89. The van der Waals surface area contributed by atoms with Crippen molar-refractivity contribution in [3.8, 4) is 0 Å². The van der Waals surface area contributed by atoms with Crippen LogP contribution in [0.5, 0.6) is 0 Å². The number of sulfonamides is 1. The highest BCUT2D eigenvalue weighted by Gasteiger charge is 2.27. The minimum Gasteiger partial charge on any atom is -0.465 e. The summed E-state index contributed by atoms with van der Waals surface area (Å²) >= 11 is 0. The Morgan fingerprint density at radius 1 is 1.30 bits per heavy atom. The first kappa shape index (κ1) is 15.0. The van der Waals surface area contributed by atoms with E-state index in [0.29, 0.717) is 37.4 Å². The van der Waals surface area contributed by atoms with E-state index in [-0.39, 0.29) is 4.90 Å². The fourth-order valence-corrected chi connectivity index (χ4v) is 3.57. The zero-order valence-electron chi connectivity index (χ0n) is 11.5. The van der Waals surface area contributed by atoms with Crippen LogP contribution in [0.25, 0.3) is 0 Å². The van der Waals surface area contributed by atoms with Crippen LogP contribution >= 0.6 is 0 Å². The summed E-state index contributed by atoms with van der Waals surface area (Å²) in [5.74, 6) is -0.474. The second kappa shape index (κ2) is 5.90. The van der Waals surface area contributed by atoms with Gasteiger partial charge in [-0.2, -0.15) is 4.31 Å². The van der Waals surface area contributed by atoms with Crippen molar-refractivity contribution in [3.63, 3.8) is 0 Å². The Morgan fingerprint density at radius 3 is 2.50 bits per heavy atom. The maximum absolute atomic E-state index is 12.4. The SMILES string of the molecule is COC(=O)c1ccc(S(=O)(=O)N2CCOCC2)cc1C. The smallest absolute Gasteiger partial charge is 0.338 e. The van der Waals surface area contributed by atoms with Crippen molar-refractivity contribution in [3.05, 3.63) is 29.3 Å². The summed E-state index contributed by atoms with van der Waals surface area (Å²) in [6, 6.07) is 4.41. The third-order valence-corrected chi connectivity index (χ3v) is 5.11. The van der Waals surface area contributed by atoms with Crippen LogP contribution in [0.2, 0.25) is 0 Å². The standard InChI is InChI=1S/C13H17NO5S/c1-10-9-11(3-4-12(10)13(15)18-2)20(16,17)14-5-7-19-8-6-14/h3-4,9H,5-8H2,1-2H3. The summed E-state index contributed by atoms with van der Waals surface area (Å²) in [4.78, 5) is 11.7. The van der Waals surface area contributed by atoms with Gasteiger partial charge in [0.15, 0.2) is 0 Å². The Morgan fingerprint density at radius 2 is 1.95 bits per heavy atom. The molecule has 0 saturated carbocycles. The van der Waals surface area contributed by atoms with Gasteiger partial charge in [-0.15, -0.1) is 0 Å². The van der Waals surface area contributed by atoms with Crippen molar-refractivity contribution in [1.82, 2.24) is 4.31 Å². The number of morpholine rings is 1. The topological polar surface area (TPSA) is 72.9 Å². The van der Waals surface area contributed by atoms with Crippen LogP contribution in [0.1, 0.15) is 15.9 Å². The van der Waals surface area contributed by atoms with Gasteiger partial charge in [0.05, 0.1) is 30.8 Å². The molecular formula is C13H17NO5S. The molecule has 110 valence electrons. The lowest BCUT2D eigenvalue weighted by Crippen LogP contribution is -2.40. The number of carbonyl (C=O) groups is 1. The van der Waals surface area contributed by atoms with Gasteiger partial charge < -0.3 is 9.47 Å². The Kier molecular flexibility index (Phi) is 4.42. The molecule has 7 heteroatoms. The van der Waals surface area contributed by atoms with E-state index >= 15 is 0 Å². The predicted molar refractivity (Wildman–Crippen MR) is 72.1 cm³/mol. The highest BCUT2D eigenvalue weighted by Crippen LogP contribution is 2.20. The molecule has 1 aliphatic rings. The van der Waals surface area contributed by atoms with E-state index in [9.17, 15) is 13.2 Å². The summed E-state index contributed by atoms with van der Waals surface area (Å²) < 4.78 is 36.1. The molecule has 2 rings (SSSR count). The molecule has 0 unspecified atom stereocenters. The van der Waals surface area contributed by atoms with Crippen LogP contribution in [-0.2, 0) is 19.5 Å². The Hall–Kier alpha value is -1.44. The van der Waals surface area contributed by atoms with E-state index in [4.69, 9.17) is 4.74 Å². The lowest BCUT2D eigenvalue weighted by atomic mass is 10.1. The van der Waals surface area contributed by atoms with Gasteiger partial charge >= 0.3 is 5.97 Å². The first-order chi connectivity index (χ1) is 9.46. The number of aryl methyl sites for hydroxylation is 1. The average molecular weight is 299 g/mol. The van der Waals surface area contributed by atoms with Crippen LogP contribution in [0.4, 0.5) is 0 Å². The third kappa shape index (κ3) is 2.84. The molecule has 0 N–H and O–H groups in total. The number of rotatable bonds is 3. The monoisotopic (exact) mass is 299 g/mol. The molecule has 1 saturated heterocycles. The Balaban J connectivity index is 2.33. The van der Waals surface area contributed by atoms with E-state index in [1.807, 2.05) is 0 Å². The molecule has 1 heterocycles. The molecule has 1 aromatic carbocycles. The third-order valence-electron chi connectivity index (χ3n) is 3.21. The highest BCUT2D eigenvalue weighted by atomic mass is 32.2. The van der Waals surface area contributed by atoms with Gasteiger partial charge in [-0.25, -0.2) is 13.2 Å². The summed E-state index contributed by atoms with van der Waals surface area (Å²) in [7, 11) is -2.24. The number of benzene rings is 1. The van der Waals surface area contributed by atoms with Crippen molar-refractivity contribution in [1.29, 1.82) is 0 Å². The Bertz CT molecular complexity index is 605. The van der Waals surface area contributed by atoms with Gasteiger partial charge in [0.2, 0.25) is 10.0 Å². The van der Waals surface area contributed by atoms with Gasteiger partial charge in [0.25, 0.3) is 0 Å². The Labute approximate surface area is 118 Å². The number of nitrogens with zero attached hydrogens (tertiary/aromatic N) is 1. The van der Waals surface area contributed by atoms with Crippen LogP contribution in [0.15, 0.2) is 23.1 Å². The number of hydrogen-bond acceptors (Lipinski definition) is 5. The maximum atomic E-state index is 12.4. The van der Waals surface area contributed by atoms with Gasteiger partial charge in [0, 0.05) is 13.1 Å². The van der Waals surface area contributed by atoms with E-state index in [2.05, 4.69) is 4.74 Å². The molecule has 6 nitrogen and oxygen atoms in total. The number of esters is 1. The number of methoxy groups -OCH3 is 1. The van der Waals surface area contributed by atoms with Crippen LogP contribution < -0.4 is 0 Å². The van der Waals surface area contributed by atoms with Crippen molar-refractivity contribution in [2.75, 3.05) is 33.4 Å². The second-order valence-electron chi connectivity index (χ2n) is 4.48. The molecule has 0 spiro atoms. The molecule has 20 heavy (non-hydrogen) atoms. The predicted octanol–water partition coefficient (Wildman–Crippen LogP) is 0.803. The second-order valence-corrected chi connectivity index (χ2v) is 6.42. The van der Waals surface area contributed by atoms with E-state index in [1.54, 1.807) is 6.92 Å². The molecule has 0 atom stereocenters. The molecule has 0 aliphatic carbocycles. The van der Waals surface area contributed by atoms with E-state index < -0.39 is 16.0 Å². The summed E-state index contributed by atoms with van der Waals surface area (Å²) in [5, 5.41) is 0. The van der Waals surface area contributed by atoms with Gasteiger partial charge in [0.1, 0.15) is 0 Å². The number of ether oxygens (including phenoxy) is 2. The first-order valence-electron chi connectivity index (χ1n) is 6.23. The minimum absolute atomic E-state index is 0.185. The van der Waals surface area contributed by atoms with Crippen LogP contribution in [0.3, 0.4) is 0 Å². The molecule has 0 radical (unpaired) electrons.